The van der Waals surface area contributed by atoms with Crippen molar-refractivity contribution in [1.82, 2.24) is 5.32 Å². The molecule has 2 N–H and O–H groups in total. The monoisotopic (exact) mass is 230 g/mol. The second-order valence-corrected chi connectivity index (χ2v) is 5.28. The quantitative estimate of drug-likeness (QED) is 0.777. The van der Waals surface area contributed by atoms with Crippen molar-refractivity contribution in [2.24, 2.45) is 5.92 Å². The molecule has 2 atom stereocenters. The summed E-state index contributed by atoms with van der Waals surface area (Å²) in [7, 11) is 0. The standard InChI is InChI=1S/C14H18N2O/c1-9-2-4-12(15-8-9)10-3-5-13-11(6-10)7-14(17)16-13/h3,5-6,9,12,15H,2,4,7-8H2,1H3,(H,16,17)/t9-,12+/m1/s1. The van der Waals surface area contributed by atoms with Gasteiger partial charge in [0.15, 0.2) is 0 Å². The molecule has 90 valence electrons. The van der Waals surface area contributed by atoms with Crippen LogP contribution in [0.3, 0.4) is 0 Å². The lowest BCUT2D eigenvalue weighted by molar-refractivity contribution is -0.115. The molecule has 2 aliphatic rings. The fraction of sp³-hybridized carbons (Fsp3) is 0.500. The molecule has 3 nitrogen and oxygen atoms in total. The lowest BCUT2D eigenvalue weighted by atomic mass is 9.91. The Morgan fingerprint density at radius 3 is 2.94 bits per heavy atom. The fourth-order valence-electron chi connectivity index (χ4n) is 2.75. The van der Waals surface area contributed by atoms with Gasteiger partial charge in [-0.3, -0.25) is 4.79 Å². The first-order valence-electron chi connectivity index (χ1n) is 6.38. The van der Waals surface area contributed by atoms with Crippen molar-refractivity contribution >= 4 is 11.6 Å². The van der Waals surface area contributed by atoms with E-state index in [-0.39, 0.29) is 5.91 Å². The predicted molar refractivity (Wildman–Crippen MR) is 67.9 cm³/mol. The van der Waals surface area contributed by atoms with E-state index in [1.165, 1.54) is 18.4 Å². The van der Waals surface area contributed by atoms with Crippen LogP contribution in [-0.4, -0.2) is 12.5 Å². The molecule has 0 bridgehead atoms. The molecule has 1 amide bonds. The molecule has 0 saturated carbocycles. The Morgan fingerprint density at radius 2 is 2.18 bits per heavy atom. The van der Waals surface area contributed by atoms with Gasteiger partial charge in [0.05, 0.1) is 6.42 Å². The first-order chi connectivity index (χ1) is 8.22. The van der Waals surface area contributed by atoms with Gasteiger partial charge < -0.3 is 10.6 Å². The minimum atomic E-state index is 0.113. The topological polar surface area (TPSA) is 41.1 Å². The number of rotatable bonds is 1. The largest absolute Gasteiger partial charge is 0.326 e. The lowest BCUT2D eigenvalue weighted by Gasteiger charge is -2.28. The first-order valence-corrected chi connectivity index (χ1v) is 6.38. The average molecular weight is 230 g/mol. The third-order valence-electron chi connectivity index (χ3n) is 3.82. The van der Waals surface area contributed by atoms with E-state index in [4.69, 9.17) is 0 Å². The van der Waals surface area contributed by atoms with Gasteiger partial charge in [-0.2, -0.15) is 0 Å². The number of carbonyl (C=O) groups excluding carboxylic acids is 1. The van der Waals surface area contributed by atoms with Gasteiger partial charge in [0.2, 0.25) is 5.91 Å². The Bertz CT molecular complexity index is 448. The molecule has 1 aromatic rings. The fourth-order valence-corrected chi connectivity index (χ4v) is 2.75. The first kappa shape index (κ1) is 10.8. The van der Waals surface area contributed by atoms with Gasteiger partial charge in [0.1, 0.15) is 0 Å². The molecule has 2 aliphatic heterocycles. The summed E-state index contributed by atoms with van der Waals surface area (Å²) in [5, 5.41) is 6.46. The summed E-state index contributed by atoms with van der Waals surface area (Å²) in [6, 6.07) is 6.82. The minimum absolute atomic E-state index is 0.113. The Morgan fingerprint density at radius 1 is 1.29 bits per heavy atom. The van der Waals surface area contributed by atoms with E-state index >= 15 is 0 Å². The van der Waals surface area contributed by atoms with Crippen LogP contribution in [-0.2, 0) is 11.2 Å². The van der Waals surface area contributed by atoms with E-state index in [0.717, 1.165) is 23.7 Å². The molecule has 1 aromatic carbocycles. The zero-order chi connectivity index (χ0) is 11.8. The second kappa shape index (κ2) is 4.15. The van der Waals surface area contributed by atoms with E-state index < -0.39 is 0 Å². The van der Waals surface area contributed by atoms with Crippen molar-refractivity contribution in [3.63, 3.8) is 0 Å². The molecule has 3 heteroatoms. The van der Waals surface area contributed by atoms with Gasteiger partial charge in [0.25, 0.3) is 0 Å². The molecule has 1 fully saturated rings. The summed E-state index contributed by atoms with van der Waals surface area (Å²) in [5.74, 6) is 0.895. The van der Waals surface area contributed by atoms with Gasteiger partial charge in [-0.05, 0) is 42.5 Å². The Kier molecular flexibility index (Phi) is 2.63. The second-order valence-electron chi connectivity index (χ2n) is 5.28. The molecular weight excluding hydrogens is 212 g/mol. The lowest BCUT2D eigenvalue weighted by Crippen LogP contribution is -2.31. The summed E-state index contributed by atoms with van der Waals surface area (Å²) in [6.07, 6.45) is 3.01. The van der Waals surface area contributed by atoms with Crippen molar-refractivity contribution in [3.8, 4) is 0 Å². The highest BCUT2D eigenvalue weighted by atomic mass is 16.1. The number of piperidine rings is 1. The molecule has 0 aromatic heterocycles. The summed E-state index contributed by atoms with van der Waals surface area (Å²) in [4.78, 5) is 11.3. The number of anilines is 1. The zero-order valence-corrected chi connectivity index (χ0v) is 10.1. The number of nitrogens with one attached hydrogen (secondary N) is 2. The van der Waals surface area contributed by atoms with Crippen LogP contribution in [0.1, 0.15) is 36.9 Å². The molecule has 0 unspecified atom stereocenters. The van der Waals surface area contributed by atoms with Gasteiger partial charge >= 0.3 is 0 Å². The predicted octanol–water partition coefficient (Wildman–Crippen LogP) is 2.24. The number of hydrogen-bond acceptors (Lipinski definition) is 2. The smallest absolute Gasteiger partial charge is 0.228 e. The molecule has 0 spiro atoms. The molecule has 0 aliphatic carbocycles. The van der Waals surface area contributed by atoms with Crippen molar-refractivity contribution in [2.45, 2.75) is 32.2 Å². The normalized spacial score (nSPS) is 27.7. The van der Waals surface area contributed by atoms with Crippen molar-refractivity contribution in [2.75, 3.05) is 11.9 Å². The highest BCUT2D eigenvalue weighted by Crippen LogP contribution is 2.30. The average Bonchev–Trinajstić information content (AvgIpc) is 2.69. The van der Waals surface area contributed by atoms with E-state index in [9.17, 15) is 4.79 Å². The molecular formula is C14H18N2O. The van der Waals surface area contributed by atoms with Crippen LogP contribution in [0.15, 0.2) is 18.2 Å². The van der Waals surface area contributed by atoms with Gasteiger partial charge in [0, 0.05) is 11.7 Å². The van der Waals surface area contributed by atoms with Crippen molar-refractivity contribution in [1.29, 1.82) is 0 Å². The maximum Gasteiger partial charge on any atom is 0.228 e. The SMILES string of the molecule is C[C@@H]1CC[C@@H](c2ccc3c(c2)CC(=O)N3)NC1. The third-order valence-corrected chi connectivity index (χ3v) is 3.82. The number of amides is 1. The van der Waals surface area contributed by atoms with E-state index in [1.54, 1.807) is 0 Å². The van der Waals surface area contributed by atoms with Crippen molar-refractivity contribution in [3.05, 3.63) is 29.3 Å². The number of carbonyl (C=O) groups is 1. The van der Waals surface area contributed by atoms with E-state index in [2.05, 4.69) is 29.7 Å². The van der Waals surface area contributed by atoms with Crippen LogP contribution in [0.4, 0.5) is 5.69 Å². The number of fused-ring (bicyclic) bond motifs is 1. The maximum atomic E-state index is 11.3. The Labute approximate surface area is 102 Å². The Balaban J connectivity index is 1.81. The number of benzene rings is 1. The van der Waals surface area contributed by atoms with Crippen LogP contribution >= 0.6 is 0 Å². The molecule has 0 radical (unpaired) electrons. The zero-order valence-electron chi connectivity index (χ0n) is 10.1. The van der Waals surface area contributed by atoms with Crippen LogP contribution in [0, 0.1) is 5.92 Å². The van der Waals surface area contributed by atoms with Gasteiger partial charge in [-0.1, -0.05) is 19.1 Å². The highest BCUT2D eigenvalue weighted by Gasteiger charge is 2.22. The van der Waals surface area contributed by atoms with Crippen LogP contribution < -0.4 is 10.6 Å². The summed E-state index contributed by atoms with van der Waals surface area (Å²) >= 11 is 0. The van der Waals surface area contributed by atoms with Gasteiger partial charge in [-0.25, -0.2) is 0 Å². The van der Waals surface area contributed by atoms with Crippen LogP contribution in [0.25, 0.3) is 0 Å². The molecule has 17 heavy (non-hydrogen) atoms. The highest BCUT2D eigenvalue weighted by molar-refractivity contribution is 5.99. The van der Waals surface area contributed by atoms with Gasteiger partial charge in [-0.15, -0.1) is 0 Å². The summed E-state index contributed by atoms with van der Waals surface area (Å²) in [6.45, 7) is 3.38. The third kappa shape index (κ3) is 2.07. The molecule has 2 heterocycles. The van der Waals surface area contributed by atoms with Crippen LogP contribution in [0.2, 0.25) is 0 Å². The summed E-state index contributed by atoms with van der Waals surface area (Å²) in [5.41, 5.74) is 3.46. The van der Waals surface area contributed by atoms with Crippen LogP contribution in [0.5, 0.6) is 0 Å². The molecule has 3 rings (SSSR count). The molecule has 1 saturated heterocycles. The van der Waals surface area contributed by atoms with Crippen molar-refractivity contribution < 1.29 is 4.79 Å². The maximum absolute atomic E-state index is 11.3. The Hall–Kier alpha value is -1.35. The van der Waals surface area contributed by atoms with E-state index in [0.29, 0.717) is 12.5 Å². The summed E-state index contributed by atoms with van der Waals surface area (Å²) < 4.78 is 0. The minimum Gasteiger partial charge on any atom is -0.326 e. The van der Waals surface area contributed by atoms with E-state index in [1.807, 2.05) is 6.07 Å². The number of hydrogen-bond donors (Lipinski definition) is 2.